The number of carboxylic acid groups (broad SMARTS) is 1. The fourth-order valence-electron chi connectivity index (χ4n) is 1.34. The maximum absolute atomic E-state index is 10.5. The minimum atomic E-state index is -0.861. The number of hydrogen-bond donors (Lipinski definition) is 1. The van der Waals surface area contributed by atoms with Gasteiger partial charge in [0.2, 0.25) is 0 Å². The Morgan fingerprint density at radius 1 is 1.65 bits per heavy atom. The van der Waals surface area contributed by atoms with Gasteiger partial charge in [0.15, 0.2) is 10.9 Å². The zero-order valence-corrected chi connectivity index (χ0v) is 9.98. The number of hydrogen-bond acceptors (Lipinski definition) is 5. The topological polar surface area (TPSA) is 81.2 Å². The van der Waals surface area contributed by atoms with Crippen LogP contribution in [0.2, 0.25) is 0 Å². The van der Waals surface area contributed by atoms with Gasteiger partial charge in [-0.2, -0.15) is 0 Å². The molecule has 0 aliphatic carbocycles. The average molecular weight is 253 g/mol. The summed E-state index contributed by atoms with van der Waals surface area (Å²) in [5.41, 5.74) is 0.819. The van der Waals surface area contributed by atoms with Crippen LogP contribution in [0.25, 0.3) is 0 Å². The highest BCUT2D eigenvalue weighted by Gasteiger charge is 2.09. The highest BCUT2D eigenvalue weighted by molar-refractivity contribution is 7.99. The predicted octanol–water partition coefficient (Wildman–Crippen LogP) is 1.40. The van der Waals surface area contributed by atoms with Crippen molar-refractivity contribution in [2.75, 3.05) is 5.75 Å². The molecule has 0 aliphatic heterocycles. The van der Waals surface area contributed by atoms with Gasteiger partial charge in [-0.3, -0.25) is 4.79 Å². The van der Waals surface area contributed by atoms with Gasteiger partial charge in [0.25, 0.3) is 0 Å². The van der Waals surface area contributed by atoms with E-state index >= 15 is 0 Å². The zero-order valence-electron chi connectivity index (χ0n) is 9.16. The minimum Gasteiger partial charge on any atom is -0.481 e. The Bertz CT molecular complexity index is 520. The van der Waals surface area contributed by atoms with E-state index in [1.54, 1.807) is 12.4 Å². The van der Waals surface area contributed by atoms with Crippen LogP contribution >= 0.6 is 11.8 Å². The maximum Gasteiger partial charge on any atom is 0.313 e. The molecule has 6 nitrogen and oxygen atoms in total. The molecule has 0 fully saturated rings. The molecule has 2 rings (SSSR count). The van der Waals surface area contributed by atoms with E-state index < -0.39 is 5.97 Å². The molecule has 17 heavy (non-hydrogen) atoms. The lowest BCUT2D eigenvalue weighted by molar-refractivity contribution is -0.133. The van der Waals surface area contributed by atoms with Gasteiger partial charge in [0, 0.05) is 18.5 Å². The lowest BCUT2D eigenvalue weighted by Gasteiger charge is -2.03. The van der Waals surface area contributed by atoms with Crippen LogP contribution in [0.15, 0.2) is 28.1 Å². The van der Waals surface area contributed by atoms with Crippen molar-refractivity contribution < 1.29 is 14.4 Å². The smallest absolute Gasteiger partial charge is 0.313 e. The molecular formula is C10H11N3O3S. The van der Waals surface area contributed by atoms with E-state index in [4.69, 9.17) is 9.63 Å². The second-order valence-electron chi connectivity index (χ2n) is 3.45. The standard InChI is InChI=1S/C10H11N3O3S/c1-7-4-8(16-12-7)5-13-3-2-11-10(13)17-6-9(14)15/h2-4H,5-6H2,1H3,(H,14,15). The summed E-state index contributed by atoms with van der Waals surface area (Å²) < 4.78 is 6.92. The molecule has 2 aromatic rings. The van der Waals surface area contributed by atoms with E-state index in [2.05, 4.69) is 10.1 Å². The molecule has 0 bridgehead atoms. The molecule has 0 spiro atoms. The molecule has 0 radical (unpaired) electrons. The summed E-state index contributed by atoms with van der Waals surface area (Å²) in [6.45, 7) is 2.35. The van der Waals surface area contributed by atoms with Crippen molar-refractivity contribution in [2.24, 2.45) is 0 Å². The lowest BCUT2D eigenvalue weighted by atomic mass is 10.4. The highest BCUT2D eigenvalue weighted by Crippen LogP contribution is 2.17. The van der Waals surface area contributed by atoms with E-state index in [-0.39, 0.29) is 5.75 Å². The van der Waals surface area contributed by atoms with Gasteiger partial charge < -0.3 is 14.2 Å². The summed E-state index contributed by atoms with van der Waals surface area (Å²) in [6.07, 6.45) is 3.41. The molecule has 0 saturated carbocycles. The van der Waals surface area contributed by atoms with Crippen LogP contribution < -0.4 is 0 Å². The Kier molecular flexibility index (Phi) is 3.48. The first-order chi connectivity index (χ1) is 8.15. The molecule has 0 unspecified atom stereocenters. The monoisotopic (exact) mass is 253 g/mol. The average Bonchev–Trinajstić information content (AvgIpc) is 2.86. The van der Waals surface area contributed by atoms with Gasteiger partial charge in [-0.25, -0.2) is 4.98 Å². The van der Waals surface area contributed by atoms with E-state index in [1.807, 2.05) is 17.6 Å². The van der Waals surface area contributed by atoms with Crippen molar-refractivity contribution in [1.82, 2.24) is 14.7 Å². The summed E-state index contributed by atoms with van der Waals surface area (Å²) in [5, 5.41) is 13.1. The maximum atomic E-state index is 10.5. The molecule has 0 saturated heterocycles. The third kappa shape index (κ3) is 3.10. The molecule has 7 heteroatoms. The van der Waals surface area contributed by atoms with Crippen molar-refractivity contribution in [2.45, 2.75) is 18.6 Å². The second kappa shape index (κ2) is 5.05. The summed E-state index contributed by atoms with van der Waals surface area (Å²) in [4.78, 5) is 14.6. The Morgan fingerprint density at radius 2 is 2.47 bits per heavy atom. The highest BCUT2D eigenvalue weighted by atomic mass is 32.2. The molecule has 0 amide bonds. The first-order valence-electron chi connectivity index (χ1n) is 4.93. The van der Waals surface area contributed by atoms with Gasteiger partial charge in [0.05, 0.1) is 18.0 Å². The fraction of sp³-hybridized carbons (Fsp3) is 0.300. The van der Waals surface area contributed by atoms with E-state index in [9.17, 15) is 4.79 Å². The summed E-state index contributed by atoms with van der Waals surface area (Å²) >= 11 is 1.18. The quantitative estimate of drug-likeness (QED) is 0.811. The summed E-state index contributed by atoms with van der Waals surface area (Å²) in [5.74, 6) is -0.148. The van der Waals surface area contributed by atoms with Crippen LogP contribution in [-0.2, 0) is 11.3 Å². The number of imidazole rings is 1. The first-order valence-corrected chi connectivity index (χ1v) is 5.91. The van der Waals surface area contributed by atoms with Crippen LogP contribution in [-0.4, -0.2) is 31.5 Å². The summed E-state index contributed by atoms with van der Waals surface area (Å²) in [7, 11) is 0. The minimum absolute atomic E-state index is 0.00749. The van der Waals surface area contributed by atoms with E-state index in [1.165, 1.54) is 11.8 Å². The molecule has 0 aliphatic rings. The van der Waals surface area contributed by atoms with Crippen LogP contribution in [0.3, 0.4) is 0 Å². The third-order valence-corrected chi connectivity index (χ3v) is 2.99. The SMILES string of the molecule is Cc1cc(Cn2ccnc2SCC(=O)O)on1. The number of thioether (sulfide) groups is 1. The number of rotatable bonds is 5. The molecule has 90 valence electrons. The van der Waals surface area contributed by atoms with Gasteiger partial charge in [-0.1, -0.05) is 16.9 Å². The predicted molar refractivity (Wildman–Crippen MR) is 60.9 cm³/mol. The van der Waals surface area contributed by atoms with Crippen molar-refractivity contribution in [1.29, 1.82) is 0 Å². The normalized spacial score (nSPS) is 10.6. The Labute approximate surface area is 102 Å². The number of carboxylic acids is 1. The lowest BCUT2D eigenvalue weighted by Crippen LogP contribution is -2.03. The van der Waals surface area contributed by atoms with Crippen molar-refractivity contribution >= 4 is 17.7 Å². The Morgan fingerprint density at radius 3 is 3.12 bits per heavy atom. The number of carbonyl (C=O) groups is 1. The molecular weight excluding hydrogens is 242 g/mol. The van der Waals surface area contributed by atoms with Crippen LogP contribution in [0.4, 0.5) is 0 Å². The van der Waals surface area contributed by atoms with E-state index in [0.717, 1.165) is 11.5 Å². The Balaban J connectivity index is 2.06. The molecule has 0 atom stereocenters. The fourth-order valence-corrected chi connectivity index (χ4v) is 2.02. The number of aromatic nitrogens is 3. The molecule has 2 aromatic heterocycles. The van der Waals surface area contributed by atoms with Gasteiger partial charge in [-0.15, -0.1) is 0 Å². The second-order valence-corrected chi connectivity index (χ2v) is 4.40. The van der Waals surface area contributed by atoms with Gasteiger partial charge >= 0.3 is 5.97 Å². The van der Waals surface area contributed by atoms with Crippen molar-refractivity contribution in [3.63, 3.8) is 0 Å². The van der Waals surface area contributed by atoms with Crippen LogP contribution in [0.5, 0.6) is 0 Å². The third-order valence-electron chi connectivity index (χ3n) is 2.00. The Hall–Kier alpha value is -1.76. The zero-order chi connectivity index (χ0) is 12.3. The van der Waals surface area contributed by atoms with Crippen molar-refractivity contribution in [3.05, 3.63) is 29.9 Å². The van der Waals surface area contributed by atoms with Crippen molar-refractivity contribution in [3.8, 4) is 0 Å². The number of nitrogens with zero attached hydrogens (tertiary/aromatic N) is 3. The molecule has 2 heterocycles. The van der Waals surface area contributed by atoms with E-state index in [0.29, 0.717) is 11.7 Å². The van der Waals surface area contributed by atoms with Crippen LogP contribution in [0.1, 0.15) is 11.5 Å². The summed E-state index contributed by atoms with van der Waals surface area (Å²) in [6, 6.07) is 1.84. The number of aliphatic carboxylic acids is 1. The van der Waals surface area contributed by atoms with Gasteiger partial charge in [-0.05, 0) is 6.92 Å². The molecule has 1 N–H and O–H groups in total. The largest absolute Gasteiger partial charge is 0.481 e. The number of aryl methyl sites for hydroxylation is 1. The van der Waals surface area contributed by atoms with Crippen LogP contribution in [0, 0.1) is 6.92 Å². The van der Waals surface area contributed by atoms with Gasteiger partial charge in [0.1, 0.15) is 0 Å². The first kappa shape index (κ1) is 11.7. The molecule has 0 aromatic carbocycles.